The molecular weight excluding hydrogens is 574 g/mol. The van der Waals surface area contributed by atoms with E-state index in [0.29, 0.717) is 19.6 Å². The first-order valence-corrected chi connectivity index (χ1v) is 16.3. The second-order valence-electron chi connectivity index (χ2n) is 11.9. The Morgan fingerprint density at radius 3 is 2.07 bits per heavy atom. The van der Waals surface area contributed by atoms with Gasteiger partial charge < -0.3 is 9.80 Å². The number of hydrogen-bond donors (Lipinski definition) is 0. The van der Waals surface area contributed by atoms with Crippen LogP contribution in [0.15, 0.2) is 109 Å². The Kier molecular flexibility index (Phi) is 12.5. The average molecular weight is 621 g/mol. The molecule has 0 bridgehead atoms. The summed E-state index contributed by atoms with van der Waals surface area (Å²) in [6.45, 7) is 14.7. The van der Waals surface area contributed by atoms with Crippen molar-refractivity contribution in [1.29, 1.82) is 0 Å². The summed E-state index contributed by atoms with van der Waals surface area (Å²) in [5.74, 6) is -0.0356. The number of aryl methyl sites for hydroxylation is 3. The van der Waals surface area contributed by atoms with Crippen molar-refractivity contribution in [1.82, 2.24) is 4.90 Å². The summed E-state index contributed by atoms with van der Waals surface area (Å²) in [5, 5.41) is 0. The molecule has 0 unspecified atom stereocenters. The third-order valence-corrected chi connectivity index (χ3v) is 8.61. The molecule has 4 aromatic carbocycles. The van der Waals surface area contributed by atoms with E-state index in [9.17, 15) is 13.6 Å². The predicted molar refractivity (Wildman–Crippen MR) is 188 cm³/mol. The molecule has 1 saturated heterocycles. The minimum absolute atomic E-state index is 0.0963. The van der Waals surface area contributed by atoms with Gasteiger partial charge in [0.15, 0.2) is 0 Å². The number of carbonyl (C=O) groups excluding carboxylic acids is 1. The lowest BCUT2D eigenvalue weighted by atomic mass is 9.91. The molecule has 5 heteroatoms. The third-order valence-electron chi connectivity index (χ3n) is 8.61. The third kappa shape index (κ3) is 9.03. The van der Waals surface area contributed by atoms with E-state index >= 15 is 0 Å². The largest absolute Gasteiger partial charge is 0.341 e. The molecule has 0 aliphatic carbocycles. The lowest BCUT2D eigenvalue weighted by Gasteiger charge is -2.38. The van der Waals surface area contributed by atoms with Gasteiger partial charge in [-0.05, 0) is 104 Å². The Morgan fingerprint density at radius 1 is 0.848 bits per heavy atom. The number of likely N-dealkylation sites (tertiary alicyclic amines) is 1. The molecule has 1 heterocycles. The summed E-state index contributed by atoms with van der Waals surface area (Å²) in [5.41, 5.74) is 8.12. The number of allylic oxidation sites excluding steroid dienone is 2. The van der Waals surface area contributed by atoms with Crippen molar-refractivity contribution in [2.75, 3.05) is 18.0 Å². The molecule has 3 nitrogen and oxygen atoms in total. The zero-order valence-electron chi connectivity index (χ0n) is 27.6. The maximum absolute atomic E-state index is 14.0. The Hall–Kier alpha value is -4.51. The number of nitrogens with zero attached hydrogens (tertiary/aromatic N) is 2. The molecule has 1 aliphatic heterocycles. The highest BCUT2D eigenvalue weighted by Crippen LogP contribution is 2.33. The topological polar surface area (TPSA) is 23.6 Å². The van der Waals surface area contributed by atoms with E-state index in [4.69, 9.17) is 0 Å². The van der Waals surface area contributed by atoms with Gasteiger partial charge in [-0.3, -0.25) is 4.79 Å². The zero-order chi connectivity index (χ0) is 33.1. The number of halogens is 2. The van der Waals surface area contributed by atoms with Crippen LogP contribution in [0, 0.1) is 31.4 Å². The summed E-state index contributed by atoms with van der Waals surface area (Å²) in [6.07, 6.45) is 7.71. The number of benzene rings is 4. The SMILES string of the molecule is C=C(C1CCN(C(=O)c2cccc(C)c2/C=C\CC)CC1)N(Cc1cccc(F)c1)c1ccccc1C.CCc1cccc(F)c1. The maximum Gasteiger partial charge on any atom is 0.254 e. The number of anilines is 1. The summed E-state index contributed by atoms with van der Waals surface area (Å²) in [6, 6.07) is 27.6. The first-order chi connectivity index (χ1) is 22.2. The molecule has 0 radical (unpaired) electrons. The van der Waals surface area contributed by atoms with Crippen LogP contribution in [-0.2, 0) is 13.0 Å². The van der Waals surface area contributed by atoms with Crippen LogP contribution >= 0.6 is 0 Å². The quantitative estimate of drug-likeness (QED) is 0.186. The summed E-state index contributed by atoms with van der Waals surface area (Å²) >= 11 is 0. The Labute approximate surface area is 273 Å². The van der Waals surface area contributed by atoms with Crippen LogP contribution in [-0.4, -0.2) is 23.9 Å². The van der Waals surface area contributed by atoms with Crippen LogP contribution in [0.3, 0.4) is 0 Å². The Morgan fingerprint density at radius 2 is 1.46 bits per heavy atom. The van der Waals surface area contributed by atoms with Gasteiger partial charge >= 0.3 is 0 Å². The fourth-order valence-corrected chi connectivity index (χ4v) is 5.91. The van der Waals surface area contributed by atoms with E-state index in [1.807, 2.05) is 48.2 Å². The highest BCUT2D eigenvalue weighted by molar-refractivity contribution is 5.98. The van der Waals surface area contributed by atoms with Crippen LogP contribution in [0.5, 0.6) is 0 Å². The molecule has 1 fully saturated rings. The number of carbonyl (C=O) groups is 1. The van der Waals surface area contributed by atoms with Gasteiger partial charge in [0.2, 0.25) is 0 Å². The maximum atomic E-state index is 14.0. The van der Waals surface area contributed by atoms with Crippen molar-refractivity contribution in [3.05, 3.63) is 154 Å². The first kappa shape index (κ1) is 34.4. The molecule has 0 aromatic heterocycles. The van der Waals surface area contributed by atoms with Gasteiger partial charge in [-0.2, -0.15) is 0 Å². The smallest absolute Gasteiger partial charge is 0.254 e. The minimum Gasteiger partial charge on any atom is -0.341 e. The Balaban J connectivity index is 0.000000459. The molecule has 1 amide bonds. The number of hydrogen-bond acceptors (Lipinski definition) is 2. The zero-order valence-corrected chi connectivity index (χ0v) is 27.6. The van der Waals surface area contributed by atoms with Crippen molar-refractivity contribution in [2.45, 2.75) is 59.9 Å². The molecular formula is C41H46F2N2O. The molecule has 0 saturated carbocycles. The van der Waals surface area contributed by atoms with Crippen LogP contribution in [0.1, 0.15) is 71.3 Å². The molecule has 5 rings (SSSR count). The number of piperidine rings is 1. The van der Waals surface area contributed by atoms with Crippen LogP contribution in [0.4, 0.5) is 14.5 Å². The van der Waals surface area contributed by atoms with Crippen molar-refractivity contribution in [3.63, 3.8) is 0 Å². The van der Waals surface area contributed by atoms with Crippen molar-refractivity contribution in [3.8, 4) is 0 Å². The fraction of sp³-hybridized carbons (Fsp3) is 0.293. The van der Waals surface area contributed by atoms with Gasteiger partial charge in [0.1, 0.15) is 11.6 Å². The van der Waals surface area contributed by atoms with E-state index in [1.54, 1.807) is 24.3 Å². The van der Waals surface area contributed by atoms with Crippen molar-refractivity contribution < 1.29 is 13.6 Å². The van der Waals surface area contributed by atoms with E-state index in [0.717, 1.165) is 70.4 Å². The second kappa shape index (κ2) is 16.7. The molecule has 46 heavy (non-hydrogen) atoms. The standard InChI is InChI=1S/C33H37FN2O.C8H9F/c1-5-6-15-30-24(2)12-9-16-31(30)33(37)35-20-18-28(19-21-35)26(4)36(32-17-8-7-11-25(32)3)23-27-13-10-14-29(34)22-27;1-2-7-4-3-5-8(9)6-7/h6-17,22,28H,4-5,18-21,23H2,1-3H3;3-6H,2H2,1H3/b15-6-;. The van der Waals surface area contributed by atoms with E-state index in [-0.39, 0.29) is 23.5 Å². The highest BCUT2D eigenvalue weighted by atomic mass is 19.1. The van der Waals surface area contributed by atoms with Gasteiger partial charge in [-0.1, -0.05) is 87.2 Å². The van der Waals surface area contributed by atoms with Gasteiger partial charge in [0.05, 0.1) is 0 Å². The number of amides is 1. The number of para-hydroxylation sites is 1. The monoisotopic (exact) mass is 620 g/mol. The van der Waals surface area contributed by atoms with E-state index in [2.05, 4.69) is 62.6 Å². The number of rotatable bonds is 9. The minimum atomic E-state index is -0.232. The second-order valence-corrected chi connectivity index (χ2v) is 11.9. The molecule has 1 aliphatic rings. The molecule has 0 atom stereocenters. The summed E-state index contributed by atoms with van der Waals surface area (Å²) < 4.78 is 26.3. The van der Waals surface area contributed by atoms with Crippen LogP contribution in [0.25, 0.3) is 6.08 Å². The van der Waals surface area contributed by atoms with Crippen molar-refractivity contribution in [2.24, 2.45) is 5.92 Å². The highest BCUT2D eigenvalue weighted by Gasteiger charge is 2.29. The first-order valence-electron chi connectivity index (χ1n) is 16.3. The molecule has 4 aromatic rings. The summed E-state index contributed by atoms with van der Waals surface area (Å²) in [7, 11) is 0. The van der Waals surface area contributed by atoms with Gasteiger partial charge in [0.25, 0.3) is 5.91 Å². The lowest BCUT2D eigenvalue weighted by molar-refractivity contribution is 0.0701. The molecule has 240 valence electrons. The van der Waals surface area contributed by atoms with Crippen LogP contribution < -0.4 is 4.90 Å². The molecule has 0 N–H and O–H groups in total. The predicted octanol–water partition coefficient (Wildman–Crippen LogP) is 10.3. The van der Waals surface area contributed by atoms with Crippen molar-refractivity contribution >= 4 is 17.7 Å². The lowest BCUT2D eigenvalue weighted by Crippen LogP contribution is -2.41. The normalized spacial score (nSPS) is 13.3. The molecule has 0 spiro atoms. The van der Waals surface area contributed by atoms with Gasteiger partial charge in [-0.25, -0.2) is 8.78 Å². The summed E-state index contributed by atoms with van der Waals surface area (Å²) in [4.78, 5) is 17.7. The Bertz CT molecular complexity index is 1650. The van der Waals surface area contributed by atoms with Gasteiger partial charge in [-0.15, -0.1) is 0 Å². The average Bonchev–Trinajstić information content (AvgIpc) is 3.07. The fourth-order valence-electron chi connectivity index (χ4n) is 5.91. The van der Waals surface area contributed by atoms with E-state index < -0.39 is 0 Å². The van der Waals surface area contributed by atoms with Crippen LogP contribution in [0.2, 0.25) is 0 Å². The van der Waals surface area contributed by atoms with E-state index in [1.165, 1.54) is 12.1 Å². The van der Waals surface area contributed by atoms with Gasteiger partial charge in [0, 0.05) is 42.5 Å².